The molecule has 3 heterocycles. The van der Waals surface area contributed by atoms with Crippen molar-refractivity contribution >= 4 is 21.6 Å². The van der Waals surface area contributed by atoms with Crippen molar-refractivity contribution in [2.75, 3.05) is 24.5 Å². The first-order chi connectivity index (χ1) is 13.8. The Kier molecular flexibility index (Phi) is 5.25. The van der Waals surface area contributed by atoms with E-state index in [4.69, 9.17) is 4.52 Å². The van der Waals surface area contributed by atoms with Crippen molar-refractivity contribution in [2.45, 2.75) is 57.3 Å². The van der Waals surface area contributed by atoms with Crippen LogP contribution >= 0.6 is 0 Å². The number of hydrogen-bond acceptors (Lipinski definition) is 5. The monoisotopic (exact) mass is 417 g/mol. The first-order valence-electron chi connectivity index (χ1n) is 10.2. The van der Waals surface area contributed by atoms with E-state index in [-0.39, 0.29) is 11.8 Å². The van der Waals surface area contributed by atoms with E-state index >= 15 is 0 Å². The summed E-state index contributed by atoms with van der Waals surface area (Å²) in [4.78, 5) is 15.3. The van der Waals surface area contributed by atoms with E-state index in [9.17, 15) is 13.2 Å². The fourth-order valence-corrected chi connectivity index (χ4v) is 5.75. The summed E-state index contributed by atoms with van der Waals surface area (Å²) in [7, 11) is -3.48. The quantitative estimate of drug-likeness (QED) is 0.760. The van der Waals surface area contributed by atoms with Gasteiger partial charge in [-0.05, 0) is 49.9 Å². The largest absolute Gasteiger partial charge is 0.360 e. The second kappa shape index (κ2) is 7.57. The third kappa shape index (κ3) is 3.48. The van der Waals surface area contributed by atoms with Crippen molar-refractivity contribution in [1.82, 2.24) is 9.46 Å². The van der Waals surface area contributed by atoms with Crippen molar-refractivity contribution in [3.8, 4) is 0 Å². The minimum absolute atomic E-state index is 0.0503. The zero-order valence-corrected chi connectivity index (χ0v) is 18.0. The van der Waals surface area contributed by atoms with E-state index in [1.165, 1.54) is 0 Å². The van der Waals surface area contributed by atoms with Crippen molar-refractivity contribution in [2.24, 2.45) is 0 Å². The van der Waals surface area contributed by atoms with Crippen LogP contribution < -0.4 is 4.90 Å². The molecule has 0 atom stereocenters. The molecular weight excluding hydrogens is 390 g/mol. The Morgan fingerprint density at radius 2 is 1.86 bits per heavy atom. The Morgan fingerprint density at radius 1 is 1.14 bits per heavy atom. The van der Waals surface area contributed by atoms with Gasteiger partial charge < -0.3 is 9.42 Å². The van der Waals surface area contributed by atoms with Gasteiger partial charge in [0, 0.05) is 31.2 Å². The van der Waals surface area contributed by atoms with Crippen LogP contribution in [0.3, 0.4) is 0 Å². The molecule has 156 valence electrons. The maximum Gasteiger partial charge on any atom is 0.263 e. The zero-order valence-electron chi connectivity index (χ0n) is 17.1. The maximum atomic E-state index is 13.2. The summed E-state index contributed by atoms with van der Waals surface area (Å²) in [6.45, 7) is 7.37. The number of aryl methyl sites for hydroxylation is 1. The number of piperidine rings is 1. The van der Waals surface area contributed by atoms with Crippen LogP contribution in [0.1, 0.15) is 66.4 Å². The SMILES string of the molecule is Cc1noc(C(C)C)c1C(=O)N1CCc2cc(S(=O)(=O)N3CCCCC3)ccc21. The first kappa shape index (κ1) is 20.1. The van der Waals surface area contributed by atoms with Gasteiger partial charge in [-0.1, -0.05) is 25.4 Å². The molecule has 0 saturated carbocycles. The highest BCUT2D eigenvalue weighted by atomic mass is 32.2. The number of amides is 1. The Hall–Kier alpha value is -2.19. The molecule has 0 unspecified atom stereocenters. The molecular formula is C21H27N3O4S. The average molecular weight is 418 g/mol. The molecule has 0 aliphatic carbocycles. The summed E-state index contributed by atoms with van der Waals surface area (Å²) in [6.07, 6.45) is 3.52. The Bertz CT molecular complexity index is 1040. The molecule has 1 saturated heterocycles. The molecule has 2 aliphatic heterocycles. The second-order valence-electron chi connectivity index (χ2n) is 8.12. The minimum atomic E-state index is -3.48. The number of rotatable bonds is 4. The van der Waals surface area contributed by atoms with Crippen LogP contribution in [0, 0.1) is 6.92 Å². The van der Waals surface area contributed by atoms with E-state index < -0.39 is 10.0 Å². The van der Waals surface area contributed by atoms with Crippen LogP contribution in [0.5, 0.6) is 0 Å². The number of benzene rings is 1. The van der Waals surface area contributed by atoms with Gasteiger partial charge in [0.15, 0.2) is 5.76 Å². The number of hydrogen-bond donors (Lipinski definition) is 0. The molecule has 8 heteroatoms. The Morgan fingerprint density at radius 3 is 2.55 bits per heavy atom. The minimum Gasteiger partial charge on any atom is -0.360 e. The van der Waals surface area contributed by atoms with Crippen LogP contribution in [0.4, 0.5) is 5.69 Å². The zero-order chi connectivity index (χ0) is 20.8. The fraction of sp³-hybridized carbons (Fsp3) is 0.524. The Labute approximate surface area is 171 Å². The summed E-state index contributed by atoms with van der Waals surface area (Å²) in [5.74, 6) is 0.498. The van der Waals surface area contributed by atoms with E-state index in [2.05, 4.69) is 5.16 Å². The molecule has 0 bridgehead atoms. The molecule has 7 nitrogen and oxygen atoms in total. The normalized spacial score (nSPS) is 17.7. The summed E-state index contributed by atoms with van der Waals surface area (Å²) in [5.41, 5.74) is 2.74. The molecule has 1 aromatic heterocycles. The highest BCUT2D eigenvalue weighted by Crippen LogP contribution is 2.34. The summed E-state index contributed by atoms with van der Waals surface area (Å²) < 4.78 is 32.9. The van der Waals surface area contributed by atoms with Crippen molar-refractivity contribution in [3.05, 3.63) is 40.8 Å². The van der Waals surface area contributed by atoms with Crippen LogP contribution in [0.15, 0.2) is 27.6 Å². The summed E-state index contributed by atoms with van der Waals surface area (Å²) in [6, 6.07) is 5.11. The molecule has 0 spiro atoms. The number of fused-ring (bicyclic) bond motifs is 1. The number of anilines is 1. The molecule has 0 radical (unpaired) electrons. The van der Waals surface area contributed by atoms with E-state index in [0.29, 0.717) is 48.0 Å². The van der Waals surface area contributed by atoms with E-state index in [0.717, 1.165) is 30.5 Å². The molecule has 1 aromatic carbocycles. The highest BCUT2D eigenvalue weighted by Gasteiger charge is 2.33. The van der Waals surface area contributed by atoms with Gasteiger partial charge in [0.2, 0.25) is 10.0 Å². The number of aromatic nitrogens is 1. The lowest BCUT2D eigenvalue weighted by Crippen LogP contribution is -2.35. The molecule has 1 amide bonds. The van der Waals surface area contributed by atoms with Gasteiger partial charge >= 0.3 is 0 Å². The van der Waals surface area contributed by atoms with Crippen molar-refractivity contribution in [1.29, 1.82) is 0 Å². The lowest BCUT2D eigenvalue weighted by molar-refractivity contribution is 0.0986. The van der Waals surface area contributed by atoms with Crippen molar-refractivity contribution in [3.63, 3.8) is 0 Å². The highest BCUT2D eigenvalue weighted by molar-refractivity contribution is 7.89. The van der Waals surface area contributed by atoms with Gasteiger partial charge in [-0.15, -0.1) is 0 Å². The predicted octanol–water partition coefficient (Wildman–Crippen LogP) is 3.48. The number of sulfonamides is 1. The third-order valence-corrected chi connectivity index (χ3v) is 7.67. The predicted molar refractivity (Wildman–Crippen MR) is 110 cm³/mol. The average Bonchev–Trinajstić information content (AvgIpc) is 3.31. The number of carbonyl (C=O) groups excluding carboxylic acids is 1. The smallest absolute Gasteiger partial charge is 0.263 e. The first-order valence-corrected chi connectivity index (χ1v) is 11.7. The summed E-state index contributed by atoms with van der Waals surface area (Å²) >= 11 is 0. The number of nitrogens with zero attached hydrogens (tertiary/aromatic N) is 3. The topological polar surface area (TPSA) is 83.7 Å². The molecule has 1 fully saturated rings. The van der Waals surface area contributed by atoms with Gasteiger partial charge in [-0.2, -0.15) is 4.31 Å². The third-order valence-electron chi connectivity index (χ3n) is 5.77. The van der Waals surface area contributed by atoms with Gasteiger partial charge in [-0.25, -0.2) is 8.42 Å². The molecule has 0 N–H and O–H groups in total. The van der Waals surface area contributed by atoms with E-state index in [1.54, 1.807) is 34.3 Å². The van der Waals surface area contributed by atoms with Gasteiger partial charge in [0.05, 0.1) is 10.6 Å². The standard InChI is InChI=1S/C21H27N3O4S/c1-14(2)20-19(15(3)22-28-20)21(25)24-12-9-16-13-17(7-8-18(16)24)29(26,27)23-10-5-4-6-11-23/h7-8,13-14H,4-6,9-12H2,1-3H3. The second-order valence-corrected chi connectivity index (χ2v) is 10.1. The van der Waals surface area contributed by atoms with Crippen LogP contribution in [-0.2, 0) is 16.4 Å². The lowest BCUT2D eigenvalue weighted by Gasteiger charge is -2.26. The maximum absolute atomic E-state index is 13.2. The van der Waals surface area contributed by atoms with Crippen LogP contribution in [0.25, 0.3) is 0 Å². The summed E-state index contributed by atoms with van der Waals surface area (Å²) in [5, 5.41) is 3.98. The fourth-order valence-electron chi connectivity index (χ4n) is 4.18. The van der Waals surface area contributed by atoms with E-state index in [1.807, 2.05) is 13.8 Å². The van der Waals surface area contributed by atoms with Crippen LogP contribution in [-0.4, -0.2) is 43.4 Å². The van der Waals surface area contributed by atoms with Crippen LogP contribution in [0.2, 0.25) is 0 Å². The van der Waals surface area contributed by atoms with Crippen molar-refractivity contribution < 1.29 is 17.7 Å². The molecule has 2 aliphatic rings. The number of carbonyl (C=O) groups is 1. The Balaban J connectivity index is 1.64. The molecule has 29 heavy (non-hydrogen) atoms. The van der Waals surface area contributed by atoms with Gasteiger partial charge in [0.25, 0.3) is 5.91 Å². The van der Waals surface area contributed by atoms with Gasteiger partial charge in [0.1, 0.15) is 5.56 Å². The molecule has 4 rings (SSSR count). The lowest BCUT2D eigenvalue weighted by atomic mass is 10.0. The van der Waals surface area contributed by atoms with Gasteiger partial charge in [-0.3, -0.25) is 4.79 Å². The molecule has 2 aromatic rings.